The van der Waals surface area contributed by atoms with Crippen LogP contribution in [0.15, 0.2) is 36.8 Å². The van der Waals surface area contributed by atoms with Crippen molar-refractivity contribution in [2.75, 3.05) is 13.2 Å². The van der Waals surface area contributed by atoms with Crippen molar-refractivity contribution in [3.63, 3.8) is 0 Å². The number of halogens is 1. The second-order valence-corrected chi connectivity index (χ2v) is 4.31. The highest BCUT2D eigenvalue weighted by atomic mass is 35.5. The zero-order valence-corrected chi connectivity index (χ0v) is 11.3. The number of hydrogen-bond donors (Lipinski definition) is 1. The smallest absolute Gasteiger partial charge is 0.0950 e. The molecule has 0 radical (unpaired) electrons. The van der Waals surface area contributed by atoms with Crippen LogP contribution in [-0.4, -0.2) is 23.1 Å². The quantitative estimate of drug-likeness (QED) is 0.914. The lowest BCUT2D eigenvalue weighted by atomic mass is 9.91. The molecule has 0 saturated carbocycles. The van der Waals surface area contributed by atoms with E-state index in [1.807, 2.05) is 6.07 Å². The molecule has 0 saturated heterocycles. The van der Waals surface area contributed by atoms with Gasteiger partial charge < -0.3 is 10.5 Å². The van der Waals surface area contributed by atoms with Gasteiger partial charge in [-0.1, -0.05) is 18.2 Å². The van der Waals surface area contributed by atoms with Crippen molar-refractivity contribution in [3.05, 3.63) is 47.9 Å². The van der Waals surface area contributed by atoms with Crippen LogP contribution in [0, 0.1) is 0 Å². The van der Waals surface area contributed by atoms with E-state index in [1.54, 1.807) is 18.6 Å². The second kappa shape index (κ2) is 6.10. The molecular formula is C14H16ClN3O. The Labute approximate surface area is 118 Å². The van der Waals surface area contributed by atoms with E-state index >= 15 is 0 Å². The summed E-state index contributed by atoms with van der Waals surface area (Å²) in [5.74, 6) is 0. The summed E-state index contributed by atoms with van der Waals surface area (Å²) in [4.78, 5) is 8.50. The van der Waals surface area contributed by atoms with E-state index in [0.29, 0.717) is 13.2 Å². The van der Waals surface area contributed by atoms with Crippen LogP contribution in [0.2, 0.25) is 0 Å². The van der Waals surface area contributed by atoms with Crippen molar-refractivity contribution in [3.8, 4) is 11.3 Å². The van der Waals surface area contributed by atoms with Crippen LogP contribution in [0.3, 0.4) is 0 Å². The van der Waals surface area contributed by atoms with E-state index < -0.39 is 0 Å². The summed E-state index contributed by atoms with van der Waals surface area (Å²) in [6, 6.07) is 6.20. The van der Waals surface area contributed by atoms with Crippen molar-refractivity contribution in [2.24, 2.45) is 5.73 Å². The zero-order valence-electron chi connectivity index (χ0n) is 10.5. The molecule has 2 aromatic rings. The maximum atomic E-state index is 5.75. The molecule has 19 heavy (non-hydrogen) atoms. The molecule has 3 rings (SSSR count). The molecule has 0 amide bonds. The van der Waals surface area contributed by atoms with Gasteiger partial charge in [-0.3, -0.25) is 9.97 Å². The highest BCUT2D eigenvalue weighted by Crippen LogP contribution is 2.32. The molecule has 1 unspecified atom stereocenters. The van der Waals surface area contributed by atoms with Crippen LogP contribution in [0.25, 0.3) is 11.3 Å². The van der Waals surface area contributed by atoms with Crippen molar-refractivity contribution in [2.45, 2.75) is 12.5 Å². The summed E-state index contributed by atoms with van der Waals surface area (Å²) in [5.41, 5.74) is 10.3. The summed E-state index contributed by atoms with van der Waals surface area (Å²) >= 11 is 0. The molecule has 2 heterocycles. The number of benzene rings is 1. The van der Waals surface area contributed by atoms with Crippen molar-refractivity contribution < 1.29 is 4.74 Å². The molecule has 0 bridgehead atoms. The molecule has 0 spiro atoms. The van der Waals surface area contributed by atoms with Gasteiger partial charge >= 0.3 is 0 Å². The normalized spacial score (nSPS) is 17.4. The maximum Gasteiger partial charge on any atom is 0.0950 e. The van der Waals surface area contributed by atoms with Gasteiger partial charge in [-0.15, -0.1) is 12.4 Å². The molecule has 1 aliphatic heterocycles. The maximum absolute atomic E-state index is 5.75. The first-order valence-electron chi connectivity index (χ1n) is 6.10. The number of ether oxygens (including phenoxy) is 1. The fourth-order valence-corrected chi connectivity index (χ4v) is 2.45. The highest BCUT2D eigenvalue weighted by Gasteiger charge is 2.22. The fourth-order valence-electron chi connectivity index (χ4n) is 2.45. The van der Waals surface area contributed by atoms with Crippen molar-refractivity contribution >= 4 is 12.4 Å². The Morgan fingerprint density at radius 2 is 2.21 bits per heavy atom. The topological polar surface area (TPSA) is 61.0 Å². The third-order valence-electron chi connectivity index (χ3n) is 3.28. The monoisotopic (exact) mass is 277 g/mol. The van der Waals surface area contributed by atoms with Gasteiger partial charge in [-0.25, -0.2) is 0 Å². The fraction of sp³-hybridized carbons (Fsp3) is 0.286. The van der Waals surface area contributed by atoms with Crippen LogP contribution in [-0.2, 0) is 11.2 Å². The Morgan fingerprint density at radius 1 is 1.32 bits per heavy atom. The SMILES string of the molecule is Cl.NCC1OCCc2c(-c3cnccn3)cccc21. The molecule has 0 aliphatic carbocycles. The Hall–Kier alpha value is -1.49. The standard InChI is InChI=1S/C14H15N3O.ClH/c15-8-14-12-3-1-2-11(10(12)4-7-18-14)13-9-16-5-6-17-13;/h1-3,5-6,9,14H,4,7-8,15H2;1H. The minimum atomic E-state index is 0. The summed E-state index contributed by atoms with van der Waals surface area (Å²) in [6.07, 6.45) is 6.10. The molecule has 1 aliphatic rings. The lowest BCUT2D eigenvalue weighted by Crippen LogP contribution is -2.23. The van der Waals surface area contributed by atoms with Gasteiger partial charge in [0, 0.05) is 24.5 Å². The van der Waals surface area contributed by atoms with E-state index in [4.69, 9.17) is 10.5 Å². The molecule has 0 fully saturated rings. The first-order chi connectivity index (χ1) is 8.90. The van der Waals surface area contributed by atoms with E-state index in [-0.39, 0.29) is 18.5 Å². The minimum Gasteiger partial charge on any atom is -0.372 e. The van der Waals surface area contributed by atoms with E-state index in [0.717, 1.165) is 17.7 Å². The molecule has 2 N–H and O–H groups in total. The average molecular weight is 278 g/mol. The van der Waals surface area contributed by atoms with Gasteiger partial charge in [0.1, 0.15) is 0 Å². The molecule has 1 atom stereocenters. The van der Waals surface area contributed by atoms with Crippen molar-refractivity contribution in [1.82, 2.24) is 9.97 Å². The zero-order chi connectivity index (χ0) is 12.4. The number of aromatic nitrogens is 2. The van der Waals surface area contributed by atoms with Crippen LogP contribution in [0.1, 0.15) is 17.2 Å². The molecule has 5 heteroatoms. The van der Waals surface area contributed by atoms with E-state index in [2.05, 4.69) is 22.1 Å². The number of fused-ring (bicyclic) bond motifs is 1. The molecule has 100 valence electrons. The lowest BCUT2D eigenvalue weighted by Gasteiger charge is -2.26. The molecule has 1 aromatic heterocycles. The molecular weight excluding hydrogens is 262 g/mol. The first kappa shape index (κ1) is 13.9. The number of hydrogen-bond acceptors (Lipinski definition) is 4. The van der Waals surface area contributed by atoms with Crippen LogP contribution >= 0.6 is 12.4 Å². The summed E-state index contributed by atoms with van der Waals surface area (Å²) in [7, 11) is 0. The lowest BCUT2D eigenvalue weighted by molar-refractivity contribution is 0.0486. The largest absolute Gasteiger partial charge is 0.372 e. The number of nitrogens with zero attached hydrogens (tertiary/aromatic N) is 2. The van der Waals surface area contributed by atoms with E-state index in [1.165, 1.54) is 11.1 Å². The van der Waals surface area contributed by atoms with Gasteiger partial charge in [-0.2, -0.15) is 0 Å². The Bertz CT molecular complexity index is 548. The molecule has 4 nitrogen and oxygen atoms in total. The van der Waals surface area contributed by atoms with Gasteiger partial charge in [0.15, 0.2) is 0 Å². The highest BCUT2D eigenvalue weighted by molar-refractivity contribution is 5.85. The molecule has 1 aromatic carbocycles. The van der Waals surface area contributed by atoms with Gasteiger partial charge in [0.05, 0.1) is 24.6 Å². The number of nitrogens with two attached hydrogens (primary N) is 1. The van der Waals surface area contributed by atoms with Crippen LogP contribution in [0.5, 0.6) is 0 Å². The Kier molecular flexibility index (Phi) is 4.47. The summed E-state index contributed by atoms with van der Waals surface area (Å²) in [5, 5.41) is 0. The summed E-state index contributed by atoms with van der Waals surface area (Å²) < 4.78 is 5.68. The Balaban J connectivity index is 0.00000133. The first-order valence-corrected chi connectivity index (χ1v) is 6.10. The van der Waals surface area contributed by atoms with Crippen LogP contribution in [0.4, 0.5) is 0 Å². The second-order valence-electron chi connectivity index (χ2n) is 4.31. The van der Waals surface area contributed by atoms with Gasteiger partial charge in [0.2, 0.25) is 0 Å². The van der Waals surface area contributed by atoms with Crippen molar-refractivity contribution in [1.29, 1.82) is 0 Å². The minimum absolute atomic E-state index is 0. The predicted molar refractivity (Wildman–Crippen MR) is 76.2 cm³/mol. The third kappa shape index (κ3) is 2.61. The predicted octanol–water partition coefficient (Wildman–Crippen LogP) is 2.14. The van der Waals surface area contributed by atoms with Gasteiger partial charge in [-0.05, 0) is 17.5 Å². The van der Waals surface area contributed by atoms with E-state index in [9.17, 15) is 0 Å². The number of rotatable bonds is 2. The van der Waals surface area contributed by atoms with Gasteiger partial charge in [0.25, 0.3) is 0 Å². The Morgan fingerprint density at radius 3 is 2.95 bits per heavy atom. The van der Waals surface area contributed by atoms with Crippen LogP contribution < -0.4 is 5.73 Å². The third-order valence-corrected chi connectivity index (χ3v) is 3.28. The summed E-state index contributed by atoms with van der Waals surface area (Å²) in [6.45, 7) is 1.23. The average Bonchev–Trinajstić information content (AvgIpc) is 2.47.